The first kappa shape index (κ1) is 9.28. The Balaban J connectivity index is 2.34. The van der Waals surface area contributed by atoms with Crippen molar-refractivity contribution in [2.75, 3.05) is 0 Å². The fourth-order valence-corrected chi connectivity index (χ4v) is 2.36. The monoisotopic (exact) mass is 212 g/mol. The summed E-state index contributed by atoms with van der Waals surface area (Å²) in [5, 5.41) is 0. The predicted octanol–water partition coefficient (Wildman–Crippen LogP) is 3.14. The lowest BCUT2D eigenvalue weighted by molar-refractivity contribution is -0.108. The average molecular weight is 212 g/mol. The fourth-order valence-electron chi connectivity index (χ4n) is 2.36. The maximum absolute atomic E-state index is 13.2. The van der Waals surface area contributed by atoms with Crippen molar-refractivity contribution in [3.8, 4) is 11.1 Å². The standard InChI is InChI=1S/C14H9FO/c15-9-5-6-12-13(7-9)10-3-1-2-4-11(10)14(12)8-16/h1-8,14H. The Morgan fingerprint density at radius 2 is 1.75 bits per heavy atom. The highest BCUT2D eigenvalue weighted by molar-refractivity contribution is 5.87. The van der Waals surface area contributed by atoms with Gasteiger partial charge in [-0.15, -0.1) is 0 Å². The van der Waals surface area contributed by atoms with Gasteiger partial charge in [0.2, 0.25) is 0 Å². The maximum atomic E-state index is 13.2. The second kappa shape index (κ2) is 3.27. The number of carbonyl (C=O) groups is 1. The maximum Gasteiger partial charge on any atom is 0.131 e. The normalized spacial score (nSPS) is 16.7. The molecule has 0 aliphatic heterocycles. The second-order valence-electron chi connectivity index (χ2n) is 3.93. The second-order valence-corrected chi connectivity index (χ2v) is 3.93. The lowest BCUT2D eigenvalue weighted by Crippen LogP contribution is -1.96. The molecule has 2 aromatic rings. The highest BCUT2D eigenvalue weighted by Crippen LogP contribution is 2.43. The summed E-state index contributed by atoms with van der Waals surface area (Å²) in [6.45, 7) is 0. The lowest BCUT2D eigenvalue weighted by Gasteiger charge is -2.03. The van der Waals surface area contributed by atoms with E-state index in [2.05, 4.69) is 0 Å². The number of carbonyl (C=O) groups excluding carboxylic acids is 1. The summed E-state index contributed by atoms with van der Waals surface area (Å²) in [5.74, 6) is -0.507. The molecule has 1 aliphatic rings. The van der Waals surface area contributed by atoms with Crippen molar-refractivity contribution in [3.63, 3.8) is 0 Å². The van der Waals surface area contributed by atoms with Gasteiger partial charge in [-0.1, -0.05) is 30.3 Å². The Bertz CT molecular complexity index is 575. The zero-order valence-electron chi connectivity index (χ0n) is 8.48. The van der Waals surface area contributed by atoms with Gasteiger partial charge in [-0.05, 0) is 34.4 Å². The molecule has 2 heteroatoms. The topological polar surface area (TPSA) is 17.1 Å². The van der Waals surface area contributed by atoms with Crippen LogP contribution in [-0.2, 0) is 4.79 Å². The van der Waals surface area contributed by atoms with Crippen LogP contribution in [0.5, 0.6) is 0 Å². The zero-order valence-corrected chi connectivity index (χ0v) is 8.48. The van der Waals surface area contributed by atoms with E-state index in [1.165, 1.54) is 12.1 Å². The molecular formula is C14H9FO. The summed E-state index contributed by atoms with van der Waals surface area (Å²) in [4.78, 5) is 11.1. The van der Waals surface area contributed by atoms with Gasteiger partial charge in [-0.2, -0.15) is 0 Å². The molecule has 0 bridgehead atoms. The summed E-state index contributed by atoms with van der Waals surface area (Å²) in [6, 6.07) is 12.3. The molecule has 16 heavy (non-hydrogen) atoms. The molecule has 78 valence electrons. The summed E-state index contributed by atoms with van der Waals surface area (Å²) < 4.78 is 13.2. The highest BCUT2D eigenvalue weighted by Gasteiger charge is 2.27. The SMILES string of the molecule is O=CC1c2ccccc2-c2cc(F)ccc21. The minimum atomic E-state index is -0.264. The van der Waals surface area contributed by atoms with Gasteiger partial charge in [0, 0.05) is 0 Å². The summed E-state index contributed by atoms with van der Waals surface area (Å²) in [6.07, 6.45) is 0.919. The van der Waals surface area contributed by atoms with E-state index in [1.807, 2.05) is 24.3 Å². The van der Waals surface area contributed by atoms with Gasteiger partial charge in [0.25, 0.3) is 0 Å². The van der Waals surface area contributed by atoms with Crippen molar-refractivity contribution in [2.24, 2.45) is 0 Å². The molecule has 0 fully saturated rings. The molecule has 0 heterocycles. The third-order valence-corrected chi connectivity index (χ3v) is 3.07. The van der Waals surface area contributed by atoms with Gasteiger partial charge in [0.05, 0.1) is 5.92 Å². The van der Waals surface area contributed by atoms with Crippen molar-refractivity contribution < 1.29 is 9.18 Å². The first-order chi connectivity index (χ1) is 7.81. The lowest BCUT2D eigenvalue weighted by atomic mass is 9.99. The molecule has 1 unspecified atom stereocenters. The van der Waals surface area contributed by atoms with Gasteiger partial charge < -0.3 is 4.79 Å². The molecular weight excluding hydrogens is 203 g/mol. The predicted molar refractivity (Wildman–Crippen MR) is 59.7 cm³/mol. The van der Waals surface area contributed by atoms with E-state index in [-0.39, 0.29) is 11.7 Å². The Hall–Kier alpha value is -1.96. The fraction of sp³-hybridized carbons (Fsp3) is 0.0714. The number of hydrogen-bond donors (Lipinski definition) is 0. The minimum absolute atomic E-state index is 0.244. The van der Waals surface area contributed by atoms with Gasteiger partial charge in [-0.25, -0.2) is 4.39 Å². The van der Waals surface area contributed by atoms with E-state index < -0.39 is 0 Å². The van der Waals surface area contributed by atoms with E-state index in [9.17, 15) is 9.18 Å². The Morgan fingerprint density at radius 1 is 1.00 bits per heavy atom. The molecule has 0 saturated heterocycles. The quantitative estimate of drug-likeness (QED) is 0.664. The Kier molecular flexibility index (Phi) is 1.90. The summed E-state index contributed by atoms with van der Waals surface area (Å²) >= 11 is 0. The van der Waals surface area contributed by atoms with Gasteiger partial charge in [-0.3, -0.25) is 0 Å². The minimum Gasteiger partial charge on any atom is -0.302 e. The zero-order chi connectivity index (χ0) is 11.1. The van der Waals surface area contributed by atoms with E-state index in [1.54, 1.807) is 6.07 Å². The Labute approximate surface area is 92.5 Å². The molecule has 1 aliphatic carbocycles. The van der Waals surface area contributed by atoms with Crippen molar-refractivity contribution in [2.45, 2.75) is 5.92 Å². The van der Waals surface area contributed by atoms with Gasteiger partial charge in [0.1, 0.15) is 12.1 Å². The average Bonchev–Trinajstić information content (AvgIpc) is 2.62. The van der Waals surface area contributed by atoms with Crippen LogP contribution in [-0.4, -0.2) is 6.29 Å². The molecule has 2 aromatic carbocycles. The van der Waals surface area contributed by atoms with Crippen molar-refractivity contribution in [3.05, 3.63) is 59.4 Å². The molecule has 1 atom stereocenters. The number of rotatable bonds is 1. The highest BCUT2D eigenvalue weighted by atomic mass is 19.1. The molecule has 0 amide bonds. The van der Waals surface area contributed by atoms with Gasteiger partial charge >= 0.3 is 0 Å². The van der Waals surface area contributed by atoms with Crippen LogP contribution in [0.15, 0.2) is 42.5 Å². The van der Waals surface area contributed by atoms with E-state index in [0.717, 1.165) is 28.5 Å². The van der Waals surface area contributed by atoms with Crippen LogP contribution in [0.1, 0.15) is 17.0 Å². The molecule has 0 N–H and O–H groups in total. The van der Waals surface area contributed by atoms with Gasteiger partial charge in [0.15, 0.2) is 0 Å². The number of benzene rings is 2. The largest absolute Gasteiger partial charge is 0.302 e. The first-order valence-electron chi connectivity index (χ1n) is 5.15. The van der Waals surface area contributed by atoms with Crippen LogP contribution in [0.4, 0.5) is 4.39 Å². The molecule has 3 rings (SSSR count). The van der Waals surface area contributed by atoms with Crippen molar-refractivity contribution in [1.29, 1.82) is 0 Å². The first-order valence-corrected chi connectivity index (χ1v) is 5.15. The van der Waals surface area contributed by atoms with Crippen LogP contribution in [0, 0.1) is 5.82 Å². The molecule has 0 saturated carbocycles. The summed E-state index contributed by atoms with van der Waals surface area (Å²) in [5.41, 5.74) is 3.68. The van der Waals surface area contributed by atoms with Crippen LogP contribution in [0.3, 0.4) is 0 Å². The number of halogens is 1. The van der Waals surface area contributed by atoms with E-state index in [0.29, 0.717) is 0 Å². The van der Waals surface area contributed by atoms with Crippen molar-refractivity contribution >= 4 is 6.29 Å². The summed E-state index contributed by atoms with van der Waals surface area (Å²) in [7, 11) is 0. The number of fused-ring (bicyclic) bond motifs is 3. The van der Waals surface area contributed by atoms with Crippen LogP contribution < -0.4 is 0 Å². The van der Waals surface area contributed by atoms with Crippen molar-refractivity contribution in [1.82, 2.24) is 0 Å². The molecule has 0 aromatic heterocycles. The smallest absolute Gasteiger partial charge is 0.131 e. The number of hydrogen-bond acceptors (Lipinski definition) is 1. The number of aldehydes is 1. The van der Waals surface area contributed by atoms with E-state index >= 15 is 0 Å². The molecule has 0 radical (unpaired) electrons. The third-order valence-electron chi connectivity index (χ3n) is 3.07. The molecule has 0 spiro atoms. The van der Waals surface area contributed by atoms with E-state index in [4.69, 9.17) is 0 Å². The molecule has 1 nitrogen and oxygen atoms in total. The van der Waals surface area contributed by atoms with Crippen LogP contribution in [0.25, 0.3) is 11.1 Å². The van der Waals surface area contributed by atoms with Crippen LogP contribution in [0.2, 0.25) is 0 Å². The van der Waals surface area contributed by atoms with Crippen LogP contribution >= 0.6 is 0 Å². The third kappa shape index (κ3) is 1.13. The Morgan fingerprint density at radius 3 is 2.56 bits per heavy atom.